The van der Waals surface area contributed by atoms with Gasteiger partial charge in [-0.25, -0.2) is 9.59 Å². The van der Waals surface area contributed by atoms with Crippen LogP contribution in [0, 0.1) is 0 Å². The summed E-state index contributed by atoms with van der Waals surface area (Å²) < 4.78 is 34.8. The molecule has 0 bridgehead atoms. The third-order valence-electron chi connectivity index (χ3n) is 9.90. The third kappa shape index (κ3) is 7.91. The van der Waals surface area contributed by atoms with Gasteiger partial charge >= 0.3 is 17.8 Å². The molecular formula is C36H43F3N6O7. The minimum atomic E-state index is -5.08. The number of carbonyl (C=O) groups excluding carboxylic acids is 4. The zero-order valence-corrected chi connectivity index (χ0v) is 29.3. The minimum Gasteiger partial charge on any atom is -0.475 e. The number of aliphatic carboxylic acids is 1. The molecule has 3 aliphatic heterocycles. The molecule has 6 rings (SSSR count). The van der Waals surface area contributed by atoms with Gasteiger partial charge in [0.1, 0.15) is 12.1 Å². The van der Waals surface area contributed by atoms with Crippen LogP contribution in [0.2, 0.25) is 0 Å². The number of nitrogens with one attached hydrogen (secondary N) is 1. The van der Waals surface area contributed by atoms with Crippen LogP contribution >= 0.6 is 0 Å². The van der Waals surface area contributed by atoms with Gasteiger partial charge in [-0.15, -0.1) is 0 Å². The van der Waals surface area contributed by atoms with Crippen LogP contribution < -0.4 is 21.6 Å². The summed E-state index contributed by atoms with van der Waals surface area (Å²) >= 11 is 0. The first kappa shape index (κ1) is 38.2. The number of aromatic nitrogens is 2. The van der Waals surface area contributed by atoms with Crippen molar-refractivity contribution in [2.24, 2.45) is 12.8 Å². The maximum absolute atomic E-state index is 13.1. The number of benzene rings is 2. The molecule has 4 amide bonds. The van der Waals surface area contributed by atoms with E-state index < -0.39 is 36.2 Å². The second-order valence-corrected chi connectivity index (χ2v) is 13.8. The molecular weight excluding hydrogens is 685 g/mol. The number of amides is 4. The number of unbranched alkanes of at least 4 members (excludes halogenated alkanes) is 3. The first-order valence-electron chi connectivity index (χ1n) is 17.3. The Labute approximate surface area is 297 Å². The number of nitrogens with two attached hydrogens (primary N) is 1. The van der Waals surface area contributed by atoms with Gasteiger partial charge in [-0.2, -0.15) is 13.2 Å². The Morgan fingerprint density at radius 3 is 2.17 bits per heavy atom. The lowest BCUT2D eigenvalue weighted by Gasteiger charge is -2.28. The van der Waals surface area contributed by atoms with E-state index in [1.54, 1.807) is 35.5 Å². The number of piperidine rings is 1. The van der Waals surface area contributed by atoms with Gasteiger partial charge in [-0.1, -0.05) is 31.0 Å². The lowest BCUT2D eigenvalue weighted by molar-refractivity contribution is -0.192. The summed E-state index contributed by atoms with van der Waals surface area (Å²) in [5, 5.41) is 9.48. The molecule has 280 valence electrons. The smallest absolute Gasteiger partial charge is 0.475 e. The molecule has 1 unspecified atom stereocenters. The molecule has 1 aromatic heterocycles. The van der Waals surface area contributed by atoms with E-state index in [0.29, 0.717) is 24.8 Å². The Kier molecular flexibility index (Phi) is 11.3. The highest BCUT2D eigenvalue weighted by Gasteiger charge is 2.43. The molecule has 13 nitrogen and oxygen atoms in total. The fourth-order valence-corrected chi connectivity index (χ4v) is 7.27. The number of nitrogens with zero attached hydrogens (tertiary/aromatic N) is 4. The number of alkyl halides is 3. The predicted octanol–water partition coefficient (Wildman–Crippen LogP) is 2.92. The van der Waals surface area contributed by atoms with E-state index in [4.69, 9.17) is 15.6 Å². The highest BCUT2D eigenvalue weighted by atomic mass is 19.4. The molecule has 2 aromatic carbocycles. The number of carbonyl (C=O) groups is 5. The number of likely N-dealkylation sites (N-methyl/N-ethyl adjacent to an activating group) is 1. The number of halogens is 3. The van der Waals surface area contributed by atoms with Crippen molar-refractivity contribution in [2.45, 2.75) is 94.9 Å². The molecule has 4 N–H and O–H groups in total. The number of carboxylic acids is 1. The number of imidazole rings is 1. The van der Waals surface area contributed by atoms with Crippen molar-refractivity contribution in [1.29, 1.82) is 0 Å². The summed E-state index contributed by atoms with van der Waals surface area (Å²) in [6.07, 6.45) is 3.34. The summed E-state index contributed by atoms with van der Waals surface area (Å²) in [6, 6.07) is 8.55. The van der Waals surface area contributed by atoms with Crippen LogP contribution in [-0.2, 0) is 56.7 Å². The number of hydrogen-bond donors (Lipinski definition) is 3. The van der Waals surface area contributed by atoms with Crippen molar-refractivity contribution in [3.63, 3.8) is 0 Å². The summed E-state index contributed by atoms with van der Waals surface area (Å²) in [5.74, 6) is -3.72. The van der Waals surface area contributed by atoms with Crippen molar-refractivity contribution in [2.75, 3.05) is 19.0 Å². The average molecular weight is 729 g/mol. The second kappa shape index (κ2) is 15.3. The van der Waals surface area contributed by atoms with Gasteiger partial charge < -0.3 is 15.7 Å². The van der Waals surface area contributed by atoms with Crippen LogP contribution in [0.3, 0.4) is 0 Å². The summed E-state index contributed by atoms with van der Waals surface area (Å²) in [4.78, 5) is 75.3. The molecule has 4 heterocycles. The van der Waals surface area contributed by atoms with E-state index in [0.717, 1.165) is 72.8 Å². The molecule has 1 fully saturated rings. The first-order chi connectivity index (χ1) is 24.5. The van der Waals surface area contributed by atoms with Crippen LogP contribution in [-0.4, -0.2) is 81.1 Å². The number of carboxylic acid groups (broad SMARTS) is 1. The van der Waals surface area contributed by atoms with Crippen LogP contribution in [0.4, 0.5) is 18.9 Å². The normalized spacial score (nSPS) is 19.9. The van der Waals surface area contributed by atoms with Crippen LogP contribution in [0.5, 0.6) is 0 Å². The molecule has 3 aromatic rings. The van der Waals surface area contributed by atoms with Crippen molar-refractivity contribution < 1.29 is 42.3 Å². The molecule has 1 saturated heterocycles. The Morgan fingerprint density at radius 2 is 1.56 bits per heavy atom. The highest BCUT2D eigenvalue weighted by Crippen LogP contribution is 2.40. The fourth-order valence-electron chi connectivity index (χ4n) is 7.27. The number of hydrogen-bond acceptors (Lipinski definition) is 7. The van der Waals surface area contributed by atoms with Crippen LogP contribution in [0.1, 0.15) is 73.2 Å². The first-order valence-corrected chi connectivity index (χ1v) is 17.3. The number of fused-ring (bicyclic) bond motifs is 1. The predicted molar refractivity (Wildman–Crippen MR) is 185 cm³/mol. The fraction of sp³-hybridized carbons (Fsp3) is 0.500. The van der Waals surface area contributed by atoms with Crippen molar-refractivity contribution in [3.8, 4) is 0 Å². The molecule has 3 atom stereocenters. The van der Waals surface area contributed by atoms with Gasteiger partial charge in [0.25, 0.3) is 0 Å². The quantitative estimate of drug-likeness (QED) is 0.223. The van der Waals surface area contributed by atoms with Gasteiger partial charge in [-0.3, -0.25) is 38.5 Å². The van der Waals surface area contributed by atoms with Crippen molar-refractivity contribution in [1.82, 2.24) is 19.4 Å². The Bertz CT molecular complexity index is 1970. The van der Waals surface area contributed by atoms with Crippen molar-refractivity contribution >= 4 is 46.3 Å². The SMILES string of the molecule is CN(C)C(=O)[C@@H]1Cc2cc(CCCCCCc3ccc4c(c3)n(C)c(=O)n4C3CCC(=O)NC3=O)cc3c2N1C(=O)[C@@H](N)CC3.O=C(O)C(F)(F)F. The highest BCUT2D eigenvalue weighted by molar-refractivity contribution is 6.07. The van der Waals surface area contributed by atoms with Gasteiger partial charge in [-0.05, 0) is 79.3 Å². The summed E-state index contributed by atoms with van der Waals surface area (Å²) in [7, 11) is 5.16. The molecule has 52 heavy (non-hydrogen) atoms. The van der Waals surface area contributed by atoms with Gasteiger partial charge in [0.15, 0.2) is 0 Å². The monoisotopic (exact) mass is 728 g/mol. The Balaban J connectivity index is 0.000000679. The zero-order chi connectivity index (χ0) is 38.1. The number of aryl methyl sites for hydroxylation is 4. The zero-order valence-electron chi connectivity index (χ0n) is 29.3. The molecule has 3 aliphatic rings. The maximum atomic E-state index is 13.1. The Hall–Kier alpha value is -4.99. The van der Waals surface area contributed by atoms with E-state index in [1.807, 2.05) is 18.2 Å². The molecule has 0 aliphatic carbocycles. The third-order valence-corrected chi connectivity index (χ3v) is 9.90. The molecule has 16 heteroatoms. The molecule has 0 spiro atoms. The summed E-state index contributed by atoms with van der Waals surface area (Å²) in [5.41, 5.74) is 12.9. The maximum Gasteiger partial charge on any atom is 0.490 e. The van der Waals surface area contributed by atoms with E-state index in [9.17, 15) is 37.1 Å². The van der Waals surface area contributed by atoms with E-state index >= 15 is 0 Å². The topological polar surface area (TPSA) is 177 Å². The molecule has 0 saturated carbocycles. The number of anilines is 1. The number of imide groups is 1. The van der Waals surface area contributed by atoms with Crippen LogP contribution in [0.25, 0.3) is 11.0 Å². The van der Waals surface area contributed by atoms with Crippen LogP contribution in [0.15, 0.2) is 35.1 Å². The number of rotatable bonds is 9. The second-order valence-electron chi connectivity index (χ2n) is 13.8. The van der Waals surface area contributed by atoms with E-state index in [-0.39, 0.29) is 29.8 Å². The standard InChI is InChI=1S/C34H42N6O5.C2HF3O2/c1-37(2)33(44)28-19-23-17-21(16-22-11-12-24(35)32(43)40(28)30(22)23)9-7-5-4-6-8-20-10-13-25-27(18-20)38(3)34(45)39(25)26-14-15-29(41)36-31(26)42;3-2(4,5)1(6)7/h10,13,16-18,24,26,28H,4-9,11-12,14-15,19,35H2,1-3H3,(H,36,41,42);(H,6,7)/t24-,26?,28-;/m0./s1. The summed E-state index contributed by atoms with van der Waals surface area (Å²) in [6.45, 7) is 0. The largest absolute Gasteiger partial charge is 0.490 e. The van der Waals surface area contributed by atoms with Gasteiger partial charge in [0.2, 0.25) is 23.6 Å². The van der Waals surface area contributed by atoms with E-state index in [1.165, 1.54) is 10.1 Å². The van der Waals surface area contributed by atoms with Crippen molar-refractivity contribution in [3.05, 3.63) is 63.1 Å². The minimum absolute atomic E-state index is 0.0746. The Morgan fingerprint density at radius 1 is 0.923 bits per heavy atom. The lowest BCUT2D eigenvalue weighted by atomic mass is 9.95. The lowest BCUT2D eigenvalue weighted by Crippen LogP contribution is -2.52. The van der Waals surface area contributed by atoms with E-state index in [2.05, 4.69) is 17.4 Å². The van der Waals surface area contributed by atoms with Gasteiger partial charge in [0, 0.05) is 34.0 Å². The molecule has 0 radical (unpaired) electrons. The average Bonchev–Trinajstić information content (AvgIpc) is 3.54. The van der Waals surface area contributed by atoms with Gasteiger partial charge in [0.05, 0.1) is 22.8 Å².